The van der Waals surface area contributed by atoms with Gasteiger partial charge in [-0.2, -0.15) is 5.10 Å². The molecule has 3 aliphatic heterocycles. The van der Waals surface area contributed by atoms with Gasteiger partial charge >= 0.3 is 5.97 Å². The van der Waals surface area contributed by atoms with E-state index in [1.807, 2.05) is 54.9 Å². The highest BCUT2D eigenvalue weighted by Gasteiger charge is 2.50. The van der Waals surface area contributed by atoms with Gasteiger partial charge in [0.15, 0.2) is 11.4 Å². The maximum absolute atomic E-state index is 12.8. The number of benzene rings is 1. The number of pyridine rings is 1. The molecule has 13 nitrogen and oxygen atoms in total. The highest BCUT2D eigenvalue weighted by atomic mass is 16.6. The Labute approximate surface area is 295 Å². The van der Waals surface area contributed by atoms with Gasteiger partial charge in [-0.15, -0.1) is 0 Å². The highest BCUT2D eigenvalue weighted by molar-refractivity contribution is 6.06. The molecular formula is C38H41N7O6. The average Bonchev–Trinajstić information content (AvgIpc) is 3.84. The topological polar surface area (TPSA) is 141 Å². The Hall–Kier alpha value is -5.19. The van der Waals surface area contributed by atoms with Crippen LogP contribution in [0.4, 0.5) is 11.5 Å². The fourth-order valence-corrected chi connectivity index (χ4v) is 7.22. The molecular weight excluding hydrogens is 650 g/mol. The standard InChI is InChI=1S/C38H41N7O6/c1-22(2)34-41-32-28-8-6-7-9-31(28)51-33(32)35(42-34)44-19-27(17-30(44)37(46)47)50-36-29(43-14-15-49-38(24(43)5)20-48-21-38)16-25(18-39-36)10-11-26-12-13-40-45(26)23(3)4/h6-9,12-13,16,18,22-24,27,30H,14-15,17,19-21H2,1-5H3,(H,46,47)/t24-,27-,30-/m0/s1. The number of ether oxygens (including phenoxy) is 3. The van der Waals surface area contributed by atoms with Crippen molar-refractivity contribution in [3.8, 4) is 17.7 Å². The van der Waals surface area contributed by atoms with Crippen LogP contribution >= 0.6 is 0 Å². The number of aromatic nitrogens is 5. The third-order valence-electron chi connectivity index (χ3n) is 10.1. The number of furan rings is 1. The Morgan fingerprint density at radius 1 is 1.10 bits per heavy atom. The van der Waals surface area contributed by atoms with Gasteiger partial charge in [0.2, 0.25) is 5.88 Å². The minimum atomic E-state index is -0.969. The van der Waals surface area contributed by atoms with E-state index in [0.29, 0.717) is 60.6 Å². The number of carbonyl (C=O) groups is 1. The molecule has 51 heavy (non-hydrogen) atoms. The van der Waals surface area contributed by atoms with E-state index in [9.17, 15) is 9.90 Å². The molecule has 264 valence electrons. The summed E-state index contributed by atoms with van der Waals surface area (Å²) in [6, 6.07) is 10.8. The first-order chi connectivity index (χ1) is 24.6. The number of hydrogen-bond donors (Lipinski definition) is 1. The predicted octanol–water partition coefficient (Wildman–Crippen LogP) is 5.18. The minimum absolute atomic E-state index is 0.0129. The smallest absolute Gasteiger partial charge is 0.326 e. The van der Waals surface area contributed by atoms with Crippen LogP contribution in [0, 0.1) is 11.8 Å². The van der Waals surface area contributed by atoms with Crippen molar-refractivity contribution in [1.29, 1.82) is 0 Å². The summed E-state index contributed by atoms with van der Waals surface area (Å²) in [5.74, 6) is 7.05. The highest BCUT2D eigenvalue weighted by Crippen LogP contribution is 2.41. The summed E-state index contributed by atoms with van der Waals surface area (Å²) in [6.07, 6.45) is 3.16. The maximum Gasteiger partial charge on any atom is 0.326 e. The number of nitrogens with zero attached hydrogens (tertiary/aromatic N) is 7. The van der Waals surface area contributed by atoms with Crippen LogP contribution in [0.25, 0.3) is 22.1 Å². The van der Waals surface area contributed by atoms with Crippen molar-refractivity contribution in [2.75, 3.05) is 42.7 Å². The van der Waals surface area contributed by atoms with Crippen LogP contribution < -0.4 is 14.5 Å². The normalized spacial score (nSPS) is 21.4. The SMILES string of the molecule is CC(C)c1nc(N2C[C@@H](Oc3ncc(C#Cc4ccnn4C(C)C)cc3N3CCOC4(COC4)[C@@H]3C)C[C@H]2C(=O)O)c2oc3ccccc3c2n1. The summed E-state index contributed by atoms with van der Waals surface area (Å²) in [5, 5.41) is 15.8. The Bertz CT molecular complexity index is 2180. The first-order valence-corrected chi connectivity index (χ1v) is 17.5. The van der Waals surface area contributed by atoms with Gasteiger partial charge in [-0.3, -0.25) is 4.68 Å². The number of hydrogen-bond acceptors (Lipinski definition) is 11. The molecule has 13 heteroatoms. The van der Waals surface area contributed by atoms with E-state index in [1.165, 1.54) is 0 Å². The van der Waals surface area contributed by atoms with Crippen LogP contribution in [0.1, 0.15) is 70.1 Å². The Balaban J connectivity index is 1.16. The molecule has 3 atom stereocenters. The third-order valence-corrected chi connectivity index (χ3v) is 10.1. The summed E-state index contributed by atoms with van der Waals surface area (Å²) in [6.45, 7) is 12.7. The number of carboxylic acids is 1. The van der Waals surface area contributed by atoms with Crippen molar-refractivity contribution in [3.63, 3.8) is 0 Å². The first-order valence-electron chi connectivity index (χ1n) is 17.5. The number of aliphatic carboxylic acids is 1. The van der Waals surface area contributed by atoms with Crippen LogP contribution in [0.3, 0.4) is 0 Å². The molecule has 0 amide bonds. The van der Waals surface area contributed by atoms with Gasteiger partial charge in [-0.25, -0.2) is 19.7 Å². The Morgan fingerprint density at radius 3 is 2.67 bits per heavy atom. The van der Waals surface area contributed by atoms with Crippen molar-refractivity contribution in [2.45, 2.75) is 76.8 Å². The lowest BCUT2D eigenvalue weighted by molar-refractivity contribution is -0.228. The zero-order valence-electron chi connectivity index (χ0n) is 29.4. The number of morpholine rings is 1. The van der Waals surface area contributed by atoms with E-state index in [4.69, 9.17) is 33.6 Å². The molecule has 1 N–H and O–H groups in total. The van der Waals surface area contributed by atoms with Crippen LogP contribution in [0.2, 0.25) is 0 Å². The van der Waals surface area contributed by atoms with Crippen molar-refractivity contribution in [3.05, 3.63) is 65.9 Å². The maximum atomic E-state index is 12.8. The van der Waals surface area contributed by atoms with Crippen molar-refractivity contribution in [2.24, 2.45) is 0 Å². The summed E-state index contributed by atoms with van der Waals surface area (Å²) < 4.78 is 26.7. The lowest BCUT2D eigenvalue weighted by Gasteiger charge is -2.53. The minimum Gasteiger partial charge on any atom is -0.480 e. The lowest BCUT2D eigenvalue weighted by Crippen LogP contribution is -2.68. The first kappa shape index (κ1) is 33.0. The van der Waals surface area contributed by atoms with Crippen LogP contribution in [-0.4, -0.2) is 92.5 Å². The quantitative estimate of drug-likeness (QED) is 0.225. The van der Waals surface area contributed by atoms with Gasteiger partial charge in [0, 0.05) is 42.1 Å². The van der Waals surface area contributed by atoms with E-state index in [1.54, 1.807) is 17.3 Å². The van der Waals surface area contributed by atoms with Crippen molar-refractivity contribution >= 4 is 39.5 Å². The van der Waals surface area contributed by atoms with Crippen molar-refractivity contribution in [1.82, 2.24) is 24.7 Å². The molecule has 3 aliphatic rings. The molecule has 0 unspecified atom stereocenters. The molecule has 0 aliphatic carbocycles. The number of para-hydroxylation sites is 1. The van der Waals surface area contributed by atoms with E-state index in [2.05, 4.69) is 42.6 Å². The average molecular weight is 692 g/mol. The second-order valence-corrected chi connectivity index (χ2v) is 14.1. The largest absolute Gasteiger partial charge is 0.480 e. The monoisotopic (exact) mass is 691 g/mol. The van der Waals surface area contributed by atoms with Gasteiger partial charge in [-0.1, -0.05) is 31.9 Å². The van der Waals surface area contributed by atoms with Crippen LogP contribution in [-0.2, 0) is 14.3 Å². The molecule has 3 fully saturated rings. The second-order valence-electron chi connectivity index (χ2n) is 14.1. The second kappa shape index (κ2) is 12.9. The van der Waals surface area contributed by atoms with Crippen LogP contribution in [0.15, 0.2) is 53.2 Å². The Kier molecular flexibility index (Phi) is 8.31. The van der Waals surface area contributed by atoms with E-state index < -0.39 is 23.7 Å². The molecule has 5 aromatic rings. The van der Waals surface area contributed by atoms with Crippen LogP contribution in [0.5, 0.6) is 5.88 Å². The van der Waals surface area contributed by atoms with E-state index >= 15 is 0 Å². The zero-order chi connectivity index (χ0) is 35.4. The molecule has 1 aromatic carbocycles. The number of fused-ring (bicyclic) bond motifs is 3. The van der Waals surface area contributed by atoms with Gasteiger partial charge in [0.1, 0.15) is 46.1 Å². The molecule has 7 heterocycles. The van der Waals surface area contributed by atoms with Gasteiger partial charge in [0.25, 0.3) is 0 Å². The van der Waals surface area contributed by atoms with Crippen molar-refractivity contribution < 1.29 is 28.5 Å². The molecule has 8 rings (SSSR count). The molecule has 0 saturated carbocycles. The third kappa shape index (κ3) is 5.82. The summed E-state index contributed by atoms with van der Waals surface area (Å²) in [7, 11) is 0. The summed E-state index contributed by atoms with van der Waals surface area (Å²) >= 11 is 0. The lowest BCUT2D eigenvalue weighted by atomic mass is 9.90. The molecule has 0 radical (unpaired) electrons. The van der Waals surface area contributed by atoms with Gasteiger partial charge in [-0.05, 0) is 51.0 Å². The predicted molar refractivity (Wildman–Crippen MR) is 190 cm³/mol. The fraction of sp³-hybridized carbons (Fsp3) is 0.447. The van der Waals surface area contributed by atoms with E-state index in [0.717, 1.165) is 22.3 Å². The molecule has 3 saturated heterocycles. The number of rotatable bonds is 7. The molecule has 0 bridgehead atoms. The summed E-state index contributed by atoms with van der Waals surface area (Å²) in [5.41, 5.74) is 3.68. The van der Waals surface area contributed by atoms with E-state index in [-0.39, 0.29) is 31.0 Å². The molecule has 4 aromatic heterocycles. The Morgan fingerprint density at radius 2 is 1.92 bits per heavy atom. The zero-order valence-corrected chi connectivity index (χ0v) is 29.4. The van der Waals surface area contributed by atoms with Gasteiger partial charge in [0.05, 0.1) is 38.6 Å². The number of carboxylic acid groups (broad SMARTS) is 1. The van der Waals surface area contributed by atoms with Gasteiger partial charge < -0.3 is 33.5 Å². The summed E-state index contributed by atoms with van der Waals surface area (Å²) in [4.78, 5) is 31.4. The number of anilines is 2. The fourth-order valence-electron chi connectivity index (χ4n) is 7.22. The molecule has 1 spiro atoms.